The number of hydrogen-bond donors (Lipinski definition) is 2. The minimum absolute atomic E-state index is 0.0173. The van der Waals surface area contributed by atoms with E-state index in [2.05, 4.69) is 15.5 Å². The fourth-order valence-electron chi connectivity index (χ4n) is 2.23. The van der Waals surface area contributed by atoms with Crippen molar-refractivity contribution < 1.29 is 9.90 Å². The van der Waals surface area contributed by atoms with Crippen LogP contribution in [0.4, 0.5) is 0 Å². The number of hydrazone groups is 1. The van der Waals surface area contributed by atoms with E-state index in [0.717, 1.165) is 16.5 Å². The van der Waals surface area contributed by atoms with E-state index < -0.39 is 5.91 Å². The van der Waals surface area contributed by atoms with Gasteiger partial charge in [0, 0.05) is 16.5 Å². The highest BCUT2D eigenvalue weighted by Gasteiger charge is 2.06. The number of aromatic hydroxyl groups is 1. The average Bonchev–Trinajstić information content (AvgIpc) is 2.55. The van der Waals surface area contributed by atoms with E-state index in [1.54, 1.807) is 12.1 Å². The zero-order chi connectivity index (χ0) is 17.1. The number of nitrogens with one attached hydrogen (secondary N) is 1. The van der Waals surface area contributed by atoms with Crippen LogP contribution in [0.5, 0.6) is 5.75 Å². The van der Waals surface area contributed by atoms with Crippen LogP contribution < -0.4 is 5.43 Å². The van der Waals surface area contributed by atoms with Gasteiger partial charge in [-0.3, -0.25) is 4.79 Å². The van der Waals surface area contributed by atoms with E-state index >= 15 is 0 Å². The molecule has 1 heterocycles. The molecule has 6 heteroatoms. The van der Waals surface area contributed by atoms with Gasteiger partial charge in [0.2, 0.25) is 0 Å². The van der Waals surface area contributed by atoms with Crippen molar-refractivity contribution in [3.8, 4) is 5.75 Å². The molecule has 5 nitrogen and oxygen atoms in total. The molecule has 0 aliphatic carbocycles. The molecular weight excluding hydrogens is 326 g/mol. The van der Waals surface area contributed by atoms with Crippen molar-refractivity contribution in [2.24, 2.45) is 5.10 Å². The fraction of sp³-hybridized carbons (Fsp3) is 0.0556. The molecule has 0 saturated heterocycles. The molecule has 2 N–H and O–H groups in total. The van der Waals surface area contributed by atoms with Crippen molar-refractivity contribution in [1.82, 2.24) is 10.4 Å². The molecule has 0 radical (unpaired) electrons. The predicted molar refractivity (Wildman–Crippen MR) is 94.7 cm³/mol. The minimum atomic E-state index is -0.428. The summed E-state index contributed by atoms with van der Waals surface area (Å²) in [5.41, 5.74) is 5.21. The molecule has 2 aromatic carbocycles. The number of nitrogens with zero attached hydrogens (tertiary/aromatic N) is 2. The quantitative estimate of drug-likeness (QED) is 0.434. The fourth-order valence-corrected chi connectivity index (χ4v) is 2.43. The second kappa shape index (κ2) is 6.68. The van der Waals surface area contributed by atoms with E-state index in [0.29, 0.717) is 16.3 Å². The Kier molecular flexibility index (Phi) is 4.44. The largest absolute Gasteiger partial charge is 0.508 e. The monoisotopic (exact) mass is 339 g/mol. The standard InChI is InChI=1S/C18H14ClN3O2/c1-11-5-6-12-8-14(17(19)21-16(12)7-11)10-20-22-18(24)13-3-2-4-15(23)9-13/h2-10,23H,1H3,(H,22,24)/b20-10+. The third kappa shape index (κ3) is 3.52. The third-order valence-corrected chi connectivity index (χ3v) is 3.73. The molecule has 24 heavy (non-hydrogen) atoms. The first kappa shape index (κ1) is 16.0. The first-order valence-corrected chi connectivity index (χ1v) is 7.60. The molecular formula is C18H14ClN3O2. The number of hydrogen-bond acceptors (Lipinski definition) is 4. The summed E-state index contributed by atoms with van der Waals surface area (Å²) in [6.45, 7) is 1.99. The lowest BCUT2D eigenvalue weighted by atomic mass is 10.1. The van der Waals surface area contributed by atoms with E-state index in [4.69, 9.17) is 11.6 Å². The van der Waals surface area contributed by atoms with Crippen molar-refractivity contribution in [3.05, 3.63) is 70.4 Å². The number of aromatic nitrogens is 1. The average molecular weight is 340 g/mol. The van der Waals surface area contributed by atoms with Crippen molar-refractivity contribution in [2.45, 2.75) is 6.92 Å². The topological polar surface area (TPSA) is 74.6 Å². The number of phenolic OH excluding ortho intramolecular Hbond substituents is 1. The van der Waals surface area contributed by atoms with Gasteiger partial charge in [-0.1, -0.05) is 29.8 Å². The number of fused-ring (bicyclic) bond motifs is 1. The van der Waals surface area contributed by atoms with Crippen molar-refractivity contribution >= 4 is 34.6 Å². The zero-order valence-electron chi connectivity index (χ0n) is 12.8. The van der Waals surface area contributed by atoms with Crippen LogP contribution in [0.25, 0.3) is 10.9 Å². The summed E-state index contributed by atoms with van der Waals surface area (Å²) >= 11 is 6.16. The Hall–Kier alpha value is -2.92. The molecule has 0 atom stereocenters. The molecule has 3 aromatic rings. The van der Waals surface area contributed by atoms with E-state index in [9.17, 15) is 9.90 Å². The normalized spacial score (nSPS) is 11.1. The maximum absolute atomic E-state index is 11.9. The van der Waals surface area contributed by atoms with Gasteiger partial charge in [-0.15, -0.1) is 0 Å². The molecule has 0 fully saturated rings. The number of rotatable bonds is 3. The summed E-state index contributed by atoms with van der Waals surface area (Å²) in [6.07, 6.45) is 1.44. The lowest BCUT2D eigenvalue weighted by molar-refractivity contribution is 0.0954. The van der Waals surface area contributed by atoms with Crippen LogP contribution in [0.3, 0.4) is 0 Å². The van der Waals surface area contributed by atoms with Gasteiger partial charge in [-0.25, -0.2) is 10.4 Å². The number of phenols is 1. The van der Waals surface area contributed by atoms with E-state index in [1.165, 1.54) is 18.3 Å². The molecule has 0 saturated carbocycles. The summed E-state index contributed by atoms with van der Waals surface area (Å²) in [7, 11) is 0. The molecule has 1 amide bonds. The Morgan fingerprint density at radius 2 is 2.08 bits per heavy atom. The number of amides is 1. The molecule has 1 aromatic heterocycles. The van der Waals surface area contributed by atoms with Crippen LogP contribution in [-0.2, 0) is 0 Å². The molecule has 0 aliphatic heterocycles. The van der Waals surface area contributed by atoms with Crippen LogP contribution in [0.15, 0.2) is 53.6 Å². The smallest absolute Gasteiger partial charge is 0.271 e. The van der Waals surface area contributed by atoms with Crippen molar-refractivity contribution in [2.75, 3.05) is 0 Å². The number of carbonyl (C=O) groups is 1. The molecule has 120 valence electrons. The molecule has 0 unspecified atom stereocenters. The maximum atomic E-state index is 11.9. The Balaban J connectivity index is 1.79. The minimum Gasteiger partial charge on any atom is -0.508 e. The molecule has 0 spiro atoms. The molecule has 3 rings (SSSR count). The summed E-state index contributed by atoms with van der Waals surface area (Å²) in [4.78, 5) is 16.3. The second-order valence-corrected chi connectivity index (χ2v) is 5.67. The first-order chi connectivity index (χ1) is 11.5. The van der Waals surface area contributed by atoms with Crippen LogP contribution in [0, 0.1) is 6.92 Å². The number of halogens is 1. The van der Waals surface area contributed by atoms with Crippen LogP contribution in [-0.4, -0.2) is 22.2 Å². The summed E-state index contributed by atoms with van der Waals surface area (Å²) < 4.78 is 0. The summed E-state index contributed by atoms with van der Waals surface area (Å²) in [6, 6.07) is 13.8. The first-order valence-electron chi connectivity index (χ1n) is 7.22. The highest BCUT2D eigenvalue weighted by Crippen LogP contribution is 2.20. The highest BCUT2D eigenvalue weighted by atomic mass is 35.5. The van der Waals surface area contributed by atoms with Gasteiger partial charge in [-0.05, 0) is 42.8 Å². The Morgan fingerprint density at radius 3 is 2.88 bits per heavy atom. The third-order valence-electron chi connectivity index (χ3n) is 3.43. The maximum Gasteiger partial charge on any atom is 0.271 e. The SMILES string of the molecule is Cc1ccc2cc(/C=N/NC(=O)c3cccc(O)c3)c(Cl)nc2c1. The van der Waals surface area contributed by atoms with Gasteiger partial charge < -0.3 is 5.11 Å². The van der Waals surface area contributed by atoms with Gasteiger partial charge in [0.15, 0.2) is 0 Å². The van der Waals surface area contributed by atoms with Gasteiger partial charge >= 0.3 is 0 Å². The van der Waals surface area contributed by atoms with Crippen molar-refractivity contribution in [3.63, 3.8) is 0 Å². The van der Waals surface area contributed by atoms with E-state index in [1.807, 2.05) is 31.2 Å². The van der Waals surface area contributed by atoms with Crippen LogP contribution in [0.1, 0.15) is 21.5 Å². The number of carbonyl (C=O) groups excluding carboxylic acids is 1. The Morgan fingerprint density at radius 1 is 1.25 bits per heavy atom. The lowest BCUT2D eigenvalue weighted by Gasteiger charge is -2.03. The van der Waals surface area contributed by atoms with E-state index in [-0.39, 0.29) is 5.75 Å². The molecule has 0 aliphatic rings. The Labute approximate surface area is 143 Å². The zero-order valence-corrected chi connectivity index (χ0v) is 13.6. The van der Waals surface area contributed by atoms with Crippen molar-refractivity contribution in [1.29, 1.82) is 0 Å². The van der Waals surface area contributed by atoms with Gasteiger partial charge in [-0.2, -0.15) is 5.10 Å². The van der Waals surface area contributed by atoms with Gasteiger partial charge in [0.05, 0.1) is 11.7 Å². The highest BCUT2D eigenvalue weighted by molar-refractivity contribution is 6.32. The van der Waals surface area contributed by atoms with Crippen LogP contribution in [0.2, 0.25) is 5.15 Å². The Bertz CT molecular complexity index is 954. The predicted octanol–water partition coefficient (Wildman–Crippen LogP) is 3.67. The number of pyridine rings is 1. The molecule has 0 bridgehead atoms. The van der Waals surface area contributed by atoms with Crippen LogP contribution >= 0.6 is 11.6 Å². The second-order valence-electron chi connectivity index (χ2n) is 5.31. The number of aryl methyl sites for hydroxylation is 1. The lowest BCUT2D eigenvalue weighted by Crippen LogP contribution is -2.17. The van der Waals surface area contributed by atoms with Gasteiger partial charge in [0.25, 0.3) is 5.91 Å². The summed E-state index contributed by atoms with van der Waals surface area (Å²) in [5.74, 6) is -0.411. The number of benzene rings is 2. The summed E-state index contributed by atoms with van der Waals surface area (Å²) in [5, 5.41) is 14.5. The van der Waals surface area contributed by atoms with Gasteiger partial charge in [0.1, 0.15) is 10.9 Å².